The van der Waals surface area contributed by atoms with Crippen molar-refractivity contribution in [1.82, 2.24) is 19.6 Å². The fraction of sp³-hybridized carbons (Fsp3) is 0.789. The summed E-state index contributed by atoms with van der Waals surface area (Å²) in [5.41, 5.74) is 1.56. The zero-order chi connectivity index (χ0) is 18.0. The van der Waals surface area contributed by atoms with Gasteiger partial charge in [-0.05, 0) is 71.7 Å². The van der Waals surface area contributed by atoms with E-state index >= 15 is 0 Å². The van der Waals surface area contributed by atoms with E-state index in [1.54, 1.807) is 4.68 Å². The van der Waals surface area contributed by atoms with E-state index in [9.17, 15) is 4.79 Å². The van der Waals surface area contributed by atoms with Gasteiger partial charge in [-0.1, -0.05) is 0 Å². The fourth-order valence-electron chi connectivity index (χ4n) is 4.11. The van der Waals surface area contributed by atoms with Crippen LogP contribution in [0, 0.1) is 12.8 Å². The van der Waals surface area contributed by atoms with Gasteiger partial charge in [-0.2, -0.15) is 5.10 Å². The Balaban J connectivity index is 1.56. The van der Waals surface area contributed by atoms with E-state index in [1.807, 2.05) is 24.9 Å². The van der Waals surface area contributed by atoms with E-state index in [1.165, 1.54) is 12.8 Å². The molecule has 1 atom stereocenters. The van der Waals surface area contributed by atoms with Crippen molar-refractivity contribution < 1.29 is 9.53 Å². The zero-order valence-corrected chi connectivity index (χ0v) is 16.1. The number of amides is 1. The molecule has 0 aromatic carbocycles. The Morgan fingerprint density at radius 2 is 2.12 bits per heavy atom. The maximum Gasteiger partial charge on any atom is 0.274 e. The van der Waals surface area contributed by atoms with Crippen LogP contribution in [0.15, 0.2) is 6.07 Å². The number of carbonyl (C=O) groups is 1. The van der Waals surface area contributed by atoms with Crippen LogP contribution < -0.4 is 0 Å². The molecule has 0 saturated carbocycles. The van der Waals surface area contributed by atoms with E-state index in [0.717, 1.165) is 57.1 Å². The lowest BCUT2D eigenvalue weighted by Crippen LogP contribution is -2.51. The second-order valence-electron chi connectivity index (χ2n) is 8.07. The van der Waals surface area contributed by atoms with Crippen LogP contribution in [0.1, 0.15) is 48.3 Å². The van der Waals surface area contributed by atoms with Gasteiger partial charge in [0.15, 0.2) is 5.69 Å². The highest BCUT2D eigenvalue weighted by molar-refractivity contribution is 5.92. The third kappa shape index (κ3) is 4.23. The molecule has 2 fully saturated rings. The molecule has 1 amide bonds. The molecule has 1 aromatic rings. The molecule has 2 aliphatic heterocycles. The molecule has 6 heteroatoms. The molecule has 140 valence electrons. The van der Waals surface area contributed by atoms with Crippen LogP contribution in [0.4, 0.5) is 0 Å². The molecule has 1 aromatic heterocycles. The number of nitrogens with zero attached hydrogens (tertiary/aromatic N) is 4. The predicted molar refractivity (Wildman–Crippen MR) is 97.7 cm³/mol. The Hall–Kier alpha value is -1.40. The van der Waals surface area contributed by atoms with Crippen molar-refractivity contribution >= 4 is 5.91 Å². The monoisotopic (exact) mass is 348 g/mol. The first-order chi connectivity index (χ1) is 11.9. The summed E-state index contributed by atoms with van der Waals surface area (Å²) in [4.78, 5) is 16.9. The zero-order valence-electron chi connectivity index (χ0n) is 16.1. The van der Waals surface area contributed by atoms with E-state index in [-0.39, 0.29) is 11.5 Å². The number of aromatic nitrogens is 2. The summed E-state index contributed by atoms with van der Waals surface area (Å²) in [5.74, 6) is 0.801. The summed E-state index contributed by atoms with van der Waals surface area (Å²) in [6, 6.07) is 1.88. The second-order valence-corrected chi connectivity index (χ2v) is 8.07. The van der Waals surface area contributed by atoms with Gasteiger partial charge >= 0.3 is 0 Å². The molecule has 0 bridgehead atoms. The highest BCUT2D eigenvalue weighted by Gasteiger charge is 2.41. The lowest BCUT2D eigenvalue weighted by atomic mass is 9.78. The molecule has 0 N–H and O–H groups in total. The topological polar surface area (TPSA) is 50.6 Å². The predicted octanol–water partition coefficient (Wildman–Crippen LogP) is 2.08. The van der Waals surface area contributed by atoms with Crippen LogP contribution in [0.3, 0.4) is 0 Å². The van der Waals surface area contributed by atoms with Crippen molar-refractivity contribution in [3.63, 3.8) is 0 Å². The van der Waals surface area contributed by atoms with E-state index in [2.05, 4.69) is 24.1 Å². The van der Waals surface area contributed by atoms with Crippen molar-refractivity contribution in [1.29, 1.82) is 0 Å². The molecule has 2 saturated heterocycles. The third-order valence-corrected chi connectivity index (χ3v) is 5.87. The second kappa shape index (κ2) is 7.46. The maximum atomic E-state index is 12.7. The lowest BCUT2D eigenvalue weighted by molar-refractivity contribution is -0.124. The van der Waals surface area contributed by atoms with Crippen molar-refractivity contribution in [2.24, 2.45) is 13.0 Å². The summed E-state index contributed by atoms with van der Waals surface area (Å²) in [6.45, 7) is 5.53. The molecule has 0 aliphatic carbocycles. The number of hydrogen-bond donors (Lipinski definition) is 0. The van der Waals surface area contributed by atoms with Gasteiger partial charge in [-0.25, -0.2) is 0 Å². The van der Waals surface area contributed by atoms with Crippen molar-refractivity contribution in [2.45, 2.75) is 44.6 Å². The molecule has 1 unspecified atom stereocenters. The summed E-state index contributed by atoms with van der Waals surface area (Å²) in [7, 11) is 6.15. The normalized spacial score (nSPS) is 23.4. The smallest absolute Gasteiger partial charge is 0.274 e. The van der Waals surface area contributed by atoms with Gasteiger partial charge in [-0.3, -0.25) is 9.48 Å². The standard InChI is InChI=1S/C19H32N4O2/c1-15-13-17(20-22(15)4)18(24)23-10-7-19(8-11-23)14-16(6-12-25-19)5-9-21(2)3/h13,16H,5-12,14H2,1-4H3. The Morgan fingerprint density at radius 3 is 2.72 bits per heavy atom. The quantitative estimate of drug-likeness (QED) is 0.836. The molecule has 6 nitrogen and oxygen atoms in total. The summed E-state index contributed by atoms with van der Waals surface area (Å²) in [5, 5.41) is 4.33. The average molecular weight is 348 g/mol. The minimum absolute atomic E-state index is 0.00789. The first-order valence-electron chi connectivity index (χ1n) is 9.47. The number of rotatable bonds is 4. The minimum Gasteiger partial charge on any atom is -0.375 e. The molecule has 1 spiro atoms. The number of ether oxygens (including phenoxy) is 1. The molecule has 25 heavy (non-hydrogen) atoms. The molecule has 0 radical (unpaired) electrons. The van der Waals surface area contributed by atoms with Gasteiger partial charge in [0.05, 0.1) is 5.60 Å². The average Bonchev–Trinajstić information content (AvgIpc) is 2.92. The Labute approximate surface area is 151 Å². The molecule has 3 heterocycles. The molecule has 3 rings (SSSR count). The van der Waals surface area contributed by atoms with Gasteiger partial charge in [0, 0.05) is 32.4 Å². The summed E-state index contributed by atoms with van der Waals surface area (Å²) in [6.07, 6.45) is 5.46. The van der Waals surface area contributed by atoms with Crippen LogP contribution in [0.25, 0.3) is 0 Å². The van der Waals surface area contributed by atoms with Crippen molar-refractivity contribution in [2.75, 3.05) is 40.3 Å². The number of aryl methyl sites for hydroxylation is 2. The highest BCUT2D eigenvalue weighted by Crippen LogP contribution is 2.39. The first kappa shape index (κ1) is 18.4. The Kier molecular flexibility index (Phi) is 5.49. The number of hydrogen-bond acceptors (Lipinski definition) is 4. The molecular formula is C19H32N4O2. The maximum absolute atomic E-state index is 12.7. The largest absolute Gasteiger partial charge is 0.375 e. The molecule has 2 aliphatic rings. The van der Waals surface area contributed by atoms with Crippen molar-refractivity contribution in [3.05, 3.63) is 17.5 Å². The van der Waals surface area contributed by atoms with Gasteiger partial charge < -0.3 is 14.5 Å². The molecular weight excluding hydrogens is 316 g/mol. The highest BCUT2D eigenvalue weighted by atomic mass is 16.5. The minimum atomic E-state index is -0.00789. The lowest BCUT2D eigenvalue weighted by Gasteiger charge is -2.46. The number of piperidine rings is 1. The van der Waals surface area contributed by atoms with Crippen LogP contribution in [-0.4, -0.2) is 71.4 Å². The Bertz CT molecular complexity index is 583. The first-order valence-corrected chi connectivity index (χ1v) is 9.47. The van der Waals surface area contributed by atoms with E-state index in [0.29, 0.717) is 5.69 Å². The van der Waals surface area contributed by atoms with Crippen LogP contribution in [0.5, 0.6) is 0 Å². The fourth-order valence-corrected chi connectivity index (χ4v) is 4.11. The van der Waals surface area contributed by atoms with Gasteiger partial charge in [-0.15, -0.1) is 0 Å². The van der Waals surface area contributed by atoms with E-state index in [4.69, 9.17) is 4.74 Å². The van der Waals surface area contributed by atoms with Gasteiger partial charge in [0.2, 0.25) is 0 Å². The number of carbonyl (C=O) groups excluding carboxylic acids is 1. The van der Waals surface area contributed by atoms with Crippen LogP contribution in [0.2, 0.25) is 0 Å². The third-order valence-electron chi connectivity index (χ3n) is 5.87. The van der Waals surface area contributed by atoms with Crippen LogP contribution in [-0.2, 0) is 11.8 Å². The van der Waals surface area contributed by atoms with E-state index < -0.39 is 0 Å². The summed E-state index contributed by atoms with van der Waals surface area (Å²) < 4.78 is 7.99. The number of likely N-dealkylation sites (tertiary alicyclic amines) is 1. The van der Waals surface area contributed by atoms with Gasteiger partial charge in [0.1, 0.15) is 0 Å². The summed E-state index contributed by atoms with van der Waals surface area (Å²) >= 11 is 0. The van der Waals surface area contributed by atoms with Gasteiger partial charge in [0.25, 0.3) is 5.91 Å². The Morgan fingerprint density at radius 1 is 1.40 bits per heavy atom. The SMILES string of the molecule is Cc1cc(C(=O)N2CCC3(CC2)CC(CCN(C)C)CCO3)nn1C. The van der Waals surface area contributed by atoms with Crippen LogP contribution >= 0.6 is 0 Å². The van der Waals surface area contributed by atoms with Crippen molar-refractivity contribution in [3.8, 4) is 0 Å².